The molecule has 1 atom stereocenters. The fourth-order valence-corrected chi connectivity index (χ4v) is 2.19. The van der Waals surface area contributed by atoms with Gasteiger partial charge in [0, 0.05) is 10.9 Å². The summed E-state index contributed by atoms with van der Waals surface area (Å²) in [7, 11) is 0. The summed E-state index contributed by atoms with van der Waals surface area (Å²) < 4.78 is 4.80. The van der Waals surface area contributed by atoms with Crippen molar-refractivity contribution in [3.8, 4) is 11.4 Å². The van der Waals surface area contributed by atoms with Crippen molar-refractivity contribution in [1.82, 2.24) is 25.5 Å². The van der Waals surface area contributed by atoms with Gasteiger partial charge in [-0.1, -0.05) is 0 Å². The van der Waals surface area contributed by atoms with Crippen molar-refractivity contribution >= 4 is 23.2 Å². The van der Waals surface area contributed by atoms with Gasteiger partial charge in [0.2, 0.25) is 11.7 Å². The van der Waals surface area contributed by atoms with Gasteiger partial charge >= 0.3 is 5.97 Å². The molecule has 0 saturated heterocycles. The first-order chi connectivity index (χ1) is 10.1. The van der Waals surface area contributed by atoms with Gasteiger partial charge in [-0.15, -0.1) is 10.2 Å². The van der Waals surface area contributed by atoms with E-state index in [2.05, 4.69) is 20.7 Å². The minimum atomic E-state index is -0.711. The molecule has 8 nitrogen and oxygen atoms in total. The first-order valence-corrected chi connectivity index (χ1v) is 7.30. The van der Waals surface area contributed by atoms with Crippen molar-refractivity contribution in [2.24, 2.45) is 0 Å². The Morgan fingerprint density at radius 3 is 3.00 bits per heavy atom. The lowest BCUT2D eigenvalue weighted by molar-refractivity contribution is -0.147. The summed E-state index contributed by atoms with van der Waals surface area (Å²) in [6, 6.07) is 1.16. The van der Waals surface area contributed by atoms with Gasteiger partial charge in [0.25, 0.3) is 0 Å². The third-order valence-electron chi connectivity index (χ3n) is 2.53. The first kappa shape index (κ1) is 15.1. The Balaban J connectivity index is 1.90. The van der Waals surface area contributed by atoms with Gasteiger partial charge in [-0.2, -0.15) is 16.1 Å². The summed E-state index contributed by atoms with van der Waals surface area (Å²) in [5, 5.41) is 18.1. The zero-order chi connectivity index (χ0) is 15.2. The van der Waals surface area contributed by atoms with E-state index in [4.69, 9.17) is 4.74 Å². The minimum absolute atomic E-state index is 0.110. The Labute approximate surface area is 125 Å². The third-order valence-corrected chi connectivity index (χ3v) is 3.22. The van der Waals surface area contributed by atoms with Gasteiger partial charge in [-0.05, 0) is 30.5 Å². The second-order valence-corrected chi connectivity index (χ2v) is 4.98. The number of ether oxygens (including phenoxy) is 1. The van der Waals surface area contributed by atoms with Gasteiger partial charge < -0.3 is 10.1 Å². The van der Waals surface area contributed by atoms with Crippen LogP contribution in [0.5, 0.6) is 0 Å². The van der Waals surface area contributed by atoms with E-state index in [1.54, 1.807) is 13.8 Å². The highest BCUT2D eigenvalue weighted by molar-refractivity contribution is 7.08. The smallest absolute Gasteiger partial charge is 0.328 e. The second kappa shape index (κ2) is 6.93. The summed E-state index contributed by atoms with van der Waals surface area (Å²) >= 11 is 1.53. The van der Waals surface area contributed by atoms with Crippen molar-refractivity contribution in [2.45, 2.75) is 26.4 Å². The fourth-order valence-electron chi connectivity index (χ4n) is 1.56. The Kier molecular flexibility index (Phi) is 4.99. The van der Waals surface area contributed by atoms with E-state index in [0.29, 0.717) is 5.82 Å². The molecule has 0 saturated carbocycles. The number of esters is 1. The lowest BCUT2D eigenvalue weighted by atomic mass is 10.3. The van der Waals surface area contributed by atoms with Crippen LogP contribution in [-0.2, 0) is 20.9 Å². The molecule has 21 heavy (non-hydrogen) atoms. The van der Waals surface area contributed by atoms with E-state index in [-0.39, 0.29) is 19.1 Å². The number of hydrogen-bond acceptors (Lipinski definition) is 7. The largest absolute Gasteiger partial charge is 0.464 e. The SMILES string of the molecule is CCOC(=O)C(C)NC(=O)Cn1nnc(-c2ccsc2)n1. The van der Waals surface area contributed by atoms with Crippen molar-refractivity contribution in [2.75, 3.05) is 6.61 Å². The van der Waals surface area contributed by atoms with Crippen LogP contribution >= 0.6 is 11.3 Å². The van der Waals surface area contributed by atoms with Crippen molar-refractivity contribution in [3.05, 3.63) is 16.8 Å². The summed E-state index contributed by atoms with van der Waals surface area (Å²) in [5.41, 5.74) is 0.853. The third kappa shape index (κ3) is 4.09. The van der Waals surface area contributed by atoms with Gasteiger partial charge in [0.15, 0.2) is 0 Å². The van der Waals surface area contributed by atoms with Crippen LogP contribution in [0, 0.1) is 0 Å². The van der Waals surface area contributed by atoms with Crippen molar-refractivity contribution < 1.29 is 14.3 Å². The molecule has 1 unspecified atom stereocenters. The lowest BCUT2D eigenvalue weighted by Crippen LogP contribution is -2.41. The number of rotatable bonds is 6. The first-order valence-electron chi connectivity index (χ1n) is 6.36. The predicted octanol–water partition coefficient (Wildman–Crippen LogP) is 0.469. The molecule has 2 aromatic heterocycles. The molecule has 0 spiro atoms. The van der Waals surface area contributed by atoms with E-state index < -0.39 is 12.0 Å². The van der Waals surface area contributed by atoms with E-state index in [0.717, 1.165) is 5.56 Å². The average Bonchev–Trinajstić information content (AvgIpc) is 3.08. The number of carbonyl (C=O) groups is 2. The highest BCUT2D eigenvalue weighted by Gasteiger charge is 2.17. The van der Waals surface area contributed by atoms with Crippen LogP contribution in [0.3, 0.4) is 0 Å². The van der Waals surface area contributed by atoms with Gasteiger partial charge in [0.05, 0.1) is 6.61 Å². The number of amides is 1. The number of hydrogen-bond donors (Lipinski definition) is 1. The molecule has 9 heteroatoms. The van der Waals surface area contributed by atoms with Crippen LogP contribution < -0.4 is 5.32 Å². The standard InChI is InChI=1S/C12H15N5O3S/c1-3-20-12(19)8(2)13-10(18)6-17-15-11(14-16-17)9-4-5-21-7-9/h4-5,7-8H,3,6H2,1-2H3,(H,13,18). The van der Waals surface area contributed by atoms with Crippen LogP contribution in [0.25, 0.3) is 11.4 Å². The minimum Gasteiger partial charge on any atom is -0.464 e. The van der Waals surface area contributed by atoms with Crippen LogP contribution in [0.4, 0.5) is 0 Å². The molecule has 1 amide bonds. The van der Waals surface area contributed by atoms with Gasteiger partial charge in [0.1, 0.15) is 12.6 Å². The lowest BCUT2D eigenvalue weighted by Gasteiger charge is -2.11. The average molecular weight is 309 g/mol. The molecule has 0 aliphatic carbocycles. The van der Waals surface area contributed by atoms with Crippen molar-refractivity contribution in [3.63, 3.8) is 0 Å². The van der Waals surface area contributed by atoms with E-state index in [9.17, 15) is 9.59 Å². The monoisotopic (exact) mass is 309 g/mol. The van der Waals surface area contributed by atoms with E-state index in [1.807, 2.05) is 16.8 Å². The molecule has 2 rings (SSSR count). The van der Waals surface area contributed by atoms with Crippen LogP contribution in [0.15, 0.2) is 16.8 Å². The molecule has 112 valence electrons. The molecule has 0 aliphatic heterocycles. The molecule has 2 heterocycles. The Hall–Kier alpha value is -2.29. The number of aromatic nitrogens is 4. The summed E-state index contributed by atoms with van der Waals surface area (Å²) in [6.07, 6.45) is 0. The maximum Gasteiger partial charge on any atom is 0.328 e. The maximum absolute atomic E-state index is 11.8. The zero-order valence-corrected chi connectivity index (χ0v) is 12.5. The molecule has 1 N–H and O–H groups in total. The summed E-state index contributed by atoms with van der Waals surface area (Å²) in [6.45, 7) is 3.42. The summed E-state index contributed by atoms with van der Waals surface area (Å²) in [5.74, 6) is -0.399. The molecular weight excluding hydrogens is 294 g/mol. The number of tetrazole rings is 1. The molecule has 0 aliphatic rings. The molecule has 0 aromatic carbocycles. The van der Waals surface area contributed by atoms with Crippen LogP contribution in [0.1, 0.15) is 13.8 Å². The van der Waals surface area contributed by atoms with Gasteiger partial charge in [-0.3, -0.25) is 4.79 Å². The maximum atomic E-state index is 11.8. The quantitative estimate of drug-likeness (QED) is 0.779. The number of nitrogens with zero attached hydrogens (tertiary/aromatic N) is 4. The highest BCUT2D eigenvalue weighted by atomic mass is 32.1. The molecular formula is C12H15N5O3S. The van der Waals surface area contributed by atoms with Crippen molar-refractivity contribution in [1.29, 1.82) is 0 Å². The van der Waals surface area contributed by atoms with Gasteiger partial charge in [-0.25, -0.2) is 4.79 Å². The molecule has 2 aromatic rings. The fraction of sp³-hybridized carbons (Fsp3) is 0.417. The highest BCUT2D eigenvalue weighted by Crippen LogP contribution is 2.16. The molecule has 0 radical (unpaired) electrons. The summed E-state index contributed by atoms with van der Waals surface area (Å²) in [4.78, 5) is 24.4. The number of nitrogens with one attached hydrogen (secondary N) is 1. The molecule has 0 fully saturated rings. The molecule has 0 bridgehead atoms. The zero-order valence-electron chi connectivity index (χ0n) is 11.6. The van der Waals surface area contributed by atoms with Crippen LogP contribution in [0.2, 0.25) is 0 Å². The van der Waals surface area contributed by atoms with Crippen LogP contribution in [-0.4, -0.2) is 44.7 Å². The normalized spacial score (nSPS) is 11.9. The second-order valence-electron chi connectivity index (χ2n) is 4.20. The van der Waals surface area contributed by atoms with E-state index >= 15 is 0 Å². The predicted molar refractivity (Wildman–Crippen MR) is 75.4 cm³/mol. The number of carbonyl (C=O) groups excluding carboxylic acids is 2. The Morgan fingerprint density at radius 1 is 1.52 bits per heavy atom. The Bertz CT molecular complexity index is 610. The topological polar surface area (TPSA) is 99.0 Å². The number of thiophene rings is 1. The Morgan fingerprint density at radius 2 is 2.33 bits per heavy atom. The van der Waals surface area contributed by atoms with E-state index in [1.165, 1.54) is 16.1 Å².